The fourth-order valence-electron chi connectivity index (χ4n) is 8.57. The maximum Gasteiger partial charge on any atom is 0.472 e. The number of nitrogens with one attached hydrogen (secondary N) is 1. The number of aliphatic hydroxyl groups excluding tert-OH is 1. The average molecular weight is 928 g/mol. The van der Waals surface area contributed by atoms with Crippen molar-refractivity contribution in [1.29, 1.82) is 0 Å². The van der Waals surface area contributed by atoms with E-state index < -0.39 is 20.0 Å². The Morgan fingerprint density at radius 1 is 0.516 bits per heavy atom. The molecule has 0 aromatic rings. The monoisotopic (exact) mass is 928 g/mol. The zero-order valence-corrected chi connectivity index (χ0v) is 44.4. The molecule has 0 saturated heterocycles. The number of rotatable bonds is 52. The Hall–Kier alpha value is -0.760. The molecule has 0 fully saturated rings. The van der Waals surface area contributed by atoms with Gasteiger partial charge in [0.05, 0.1) is 39.9 Å². The fourth-order valence-corrected chi connectivity index (χ4v) is 9.31. The second-order valence-electron chi connectivity index (χ2n) is 20.7. The van der Waals surface area contributed by atoms with Gasteiger partial charge in [0.1, 0.15) is 13.2 Å². The lowest BCUT2D eigenvalue weighted by atomic mass is 10.0. The third kappa shape index (κ3) is 49.2. The second-order valence-corrected chi connectivity index (χ2v) is 22.1. The van der Waals surface area contributed by atoms with Gasteiger partial charge in [-0.2, -0.15) is 0 Å². The first-order chi connectivity index (χ1) is 31.0. The first kappa shape index (κ1) is 63.2. The largest absolute Gasteiger partial charge is 0.472 e. The van der Waals surface area contributed by atoms with Crippen molar-refractivity contribution in [3.05, 3.63) is 12.2 Å². The van der Waals surface area contributed by atoms with Gasteiger partial charge in [0.15, 0.2) is 0 Å². The predicted octanol–water partition coefficient (Wildman–Crippen LogP) is 16.7. The van der Waals surface area contributed by atoms with Crippen molar-refractivity contribution in [3.63, 3.8) is 0 Å². The third-order valence-electron chi connectivity index (χ3n) is 13.0. The van der Waals surface area contributed by atoms with Crippen LogP contribution in [-0.2, 0) is 18.4 Å². The molecule has 0 aliphatic heterocycles. The molecule has 0 bridgehead atoms. The van der Waals surface area contributed by atoms with Crippen LogP contribution in [0.2, 0.25) is 0 Å². The highest BCUT2D eigenvalue weighted by molar-refractivity contribution is 7.47. The van der Waals surface area contributed by atoms with Crippen molar-refractivity contribution in [3.8, 4) is 0 Å². The average Bonchev–Trinajstić information content (AvgIpc) is 3.25. The van der Waals surface area contributed by atoms with Gasteiger partial charge in [0.25, 0.3) is 0 Å². The molecule has 3 unspecified atom stereocenters. The molecular formula is C55H112N2O6P+. The summed E-state index contributed by atoms with van der Waals surface area (Å²) < 4.78 is 23.7. The van der Waals surface area contributed by atoms with E-state index in [1.165, 1.54) is 225 Å². The lowest BCUT2D eigenvalue weighted by Crippen LogP contribution is -2.45. The minimum atomic E-state index is -4.34. The number of likely N-dealkylation sites (N-methyl/N-ethyl adjacent to an activating group) is 1. The number of phosphoric ester groups is 1. The zero-order chi connectivity index (χ0) is 47.1. The molecule has 3 N–H and O–H groups in total. The summed E-state index contributed by atoms with van der Waals surface area (Å²) in [7, 11) is 1.59. The van der Waals surface area contributed by atoms with Crippen molar-refractivity contribution < 1.29 is 32.9 Å². The normalized spacial score (nSPS) is 14.0. The van der Waals surface area contributed by atoms with Gasteiger partial charge < -0.3 is 19.8 Å². The summed E-state index contributed by atoms with van der Waals surface area (Å²) in [5.74, 6) is -0.171. The molecule has 0 spiro atoms. The van der Waals surface area contributed by atoms with Crippen LogP contribution in [0.15, 0.2) is 12.2 Å². The second kappa shape index (κ2) is 47.3. The Bertz CT molecular complexity index is 1050. The smallest absolute Gasteiger partial charge is 0.387 e. The molecule has 0 aromatic carbocycles. The fraction of sp³-hybridized carbons (Fsp3) is 0.945. The van der Waals surface area contributed by atoms with Crippen LogP contribution in [0.25, 0.3) is 0 Å². The molecule has 382 valence electrons. The van der Waals surface area contributed by atoms with Gasteiger partial charge in [-0.1, -0.05) is 270 Å². The topological polar surface area (TPSA) is 105 Å². The number of hydrogen-bond donors (Lipinski definition) is 3. The Balaban J connectivity index is 4.07. The van der Waals surface area contributed by atoms with Gasteiger partial charge in [-0.05, 0) is 19.3 Å². The van der Waals surface area contributed by atoms with Crippen molar-refractivity contribution in [2.24, 2.45) is 0 Å². The van der Waals surface area contributed by atoms with Crippen molar-refractivity contribution in [1.82, 2.24) is 5.32 Å². The van der Waals surface area contributed by atoms with E-state index in [1.54, 1.807) is 6.08 Å². The van der Waals surface area contributed by atoms with Gasteiger partial charge in [-0.3, -0.25) is 13.8 Å². The summed E-state index contributed by atoms with van der Waals surface area (Å²) in [6.07, 6.45) is 57.4. The number of unbranched alkanes of at least 4 members (excludes halogenated alkanes) is 39. The number of carbonyl (C=O) groups is 1. The molecule has 1 amide bonds. The van der Waals surface area contributed by atoms with Gasteiger partial charge in [-0.25, -0.2) is 4.57 Å². The third-order valence-corrected chi connectivity index (χ3v) is 14.0. The SMILES string of the molecule is CCCCCCCCCCCCCC/C=C/C(O)C(COP(=O)(O)OCC[N+](C)(C)C)NC(=O)CCCCCCCCCCCCCCCCCCCCCCCCCCCCCC. The Labute approximate surface area is 399 Å². The number of aliphatic hydroxyl groups is 1. The molecule has 9 heteroatoms. The molecule has 0 aromatic heterocycles. The maximum atomic E-state index is 12.9. The van der Waals surface area contributed by atoms with Crippen LogP contribution >= 0.6 is 7.82 Å². The van der Waals surface area contributed by atoms with E-state index in [4.69, 9.17) is 9.05 Å². The molecule has 64 heavy (non-hydrogen) atoms. The summed E-state index contributed by atoms with van der Waals surface area (Å²) >= 11 is 0. The van der Waals surface area contributed by atoms with E-state index in [2.05, 4.69) is 19.2 Å². The number of carbonyl (C=O) groups excluding carboxylic acids is 1. The molecule has 3 atom stereocenters. The number of nitrogens with zero attached hydrogens (tertiary/aromatic N) is 1. The first-order valence-corrected chi connectivity index (χ1v) is 29.6. The summed E-state index contributed by atoms with van der Waals surface area (Å²) in [5, 5.41) is 13.9. The highest BCUT2D eigenvalue weighted by Gasteiger charge is 2.27. The van der Waals surface area contributed by atoms with Gasteiger partial charge in [0.2, 0.25) is 5.91 Å². The van der Waals surface area contributed by atoms with Gasteiger partial charge in [0, 0.05) is 6.42 Å². The highest BCUT2D eigenvalue weighted by atomic mass is 31.2. The molecule has 0 aliphatic carbocycles. The minimum absolute atomic E-state index is 0.0649. The number of amides is 1. The van der Waals surface area contributed by atoms with Crippen molar-refractivity contribution >= 4 is 13.7 Å². The predicted molar refractivity (Wildman–Crippen MR) is 277 cm³/mol. The van der Waals surface area contributed by atoms with Crippen LogP contribution in [0.3, 0.4) is 0 Å². The quantitative estimate of drug-likeness (QED) is 0.0243. The Kier molecular flexibility index (Phi) is 46.8. The van der Waals surface area contributed by atoms with E-state index >= 15 is 0 Å². The Morgan fingerprint density at radius 2 is 0.828 bits per heavy atom. The lowest BCUT2D eigenvalue weighted by Gasteiger charge is -2.25. The molecule has 0 aliphatic rings. The standard InChI is InChI=1S/C55H111N2O6P/c1-6-8-10-12-14-16-18-20-22-23-24-25-26-27-28-29-30-31-32-33-34-35-37-39-41-43-45-47-49-55(59)56-53(52-63-64(60,61)62-51-50-57(3,4)5)54(58)48-46-44-42-40-38-36-21-19-17-15-13-11-9-7-2/h46,48,53-54,58H,6-45,47,49-52H2,1-5H3,(H-,56,59,60,61)/p+1/b48-46+. The van der Waals surface area contributed by atoms with E-state index in [9.17, 15) is 19.4 Å². The number of allylic oxidation sites excluding steroid dienone is 1. The van der Waals surface area contributed by atoms with Crippen molar-refractivity contribution in [2.75, 3.05) is 40.9 Å². The molecule has 0 radical (unpaired) electrons. The van der Waals surface area contributed by atoms with Crippen LogP contribution in [0.1, 0.15) is 284 Å². The summed E-state index contributed by atoms with van der Waals surface area (Å²) in [6, 6.07) is -0.841. The summed E-state index contributed by atoms with van der Waals surface area (Å²) in [4.78, 5) is 23.2. The van der Waals surface area contributed by atoms with Crippen molar-refractivity contribution in [2.45, 2.75) is 296 Å². The highest BCUT2D eigenvalue weighted by Crippen LogP contribution is 2.43. The van der Waals surface area contributed by atoms with Crippen LogP contribution in [0.5, 0.6) is 0 Å². The lowest BCUT2D eigenvalue weighted by molar-refractivity contribution is -0.870. The van der Waals surface area contributed by atoms with Gasteiger partial charge >= 0.3 is 7.82 Å². The van der Waals surface area contributed by atoms with Crippen LogP contribution in [-0.4, -0.2) is 73.4 Å². The van der Waals surface area contributed by atoms with E-state index in [0.717, 1.165) is 38.5 Å². The van der Waals surface area contributed by atoms with Crippen LogP contribution in [0, 0.1) is 0 Å². The number of quaternary nitrogens is 1. The number of hydrogen-bond acceptors (Lipinski definition) is 5. The first-order valence-electron chi connectivity index (χ1n) is 28.1. The zero-order valence-electron chi connectivity index (χ0n) is 43.6. The molecule has 0 rings (SSSR count). The maximum absolute atomic E-state index is 12.9. The Morgan fingerprint density at radius 3 is 1.16 bits per heavy atom. The van der Waals surface area contributed by atoms with E-state index in [0.29, 0.717) is 17.4 Å². The minimum Gasteiger partial charge on any atom is -0.387 e. The van der Waals surface area contributed by atoms with E-state index in [1.807, 2.05) is 27.2 Å². The van der Waals surface area contributed by atoms with Crippen LogP contribution in [0.4, 0.5) is 0 Å². The number of phosphoric acid groups is 1. The van der Waals surface area contributed by atoms with Gasteiger partial charge in [-0.15, -0.1) is 0 Å². The molecular weight excluding hydrogens is 816 g/mol. The molecule has 0 heterocycles. The van der Waals surface area contributed by atoms with Crippen LogP contribution < -0.4 is 5.32 Å². The summed E-state index contributed by atoms with van der Waals surface area (Å²) in [6.45, 7) is 4.85. The summed E-state index contributed by atoms with van der Waals surface area (Å²) in [5.41, 5.74) is 0. The molecule has 8 nitrogen and oxygen atoms in total. The van der Waals surface area contributed by atoms with E-state index in [-0.39, 0.29) is 19.1 Å². The molecule has 0 saturated carbocycles.